The summed E-state index contributed by atoms with van der Waals surface area (Å²) in [5.41, 5.74) is 0.646. The second-order valence-electron chi connectivity index (χ2n) is 3.87. The Morgan fingerprint density at radius 3 is 2.41 bits per heavy atom. The molecule has 0 bridgehead atoms. The summed E-state index contributed by atoms with van der Waals surface area (Å²) in [5.74, 6) is -0.210. The molecule has 1 aliphatic rings. The molecule has 0 aromatic heterocycles. The van der Waals surface area contributed by atoms with E-state index in [2.05, 4.69) is 0 Å². The third kappa shape index (κ3) is 2.58. The average Bonchev–Trinajstić information content (AvgIpc) is 2.87. The van der Waals surface area contributed by atoms with Crippen molar-refractivity contribution in [3.05, 3.63) is 35.9 Å². The molecule has 1 fully saturated rings. The van der Waals surface area contributed by atoms with Crippen molar-refractivity contribution in [1.29, 1.82) is 0 Å². The summed E-state index contributed by atoms with van der Waals surface area (Å²) in [6, 6.07) is 9.06. The number of rotatable bonds is 2. The number of alkyl halides is 1. The largest absolute Gasteiger partial charge is 0.322 e. The minimum Gasteiger partial charge on any atom is -0.322 e. The molecule has 1 heterocycles. The molecule has 2 amide bonds. The van der Waals surface area contributed by atoms with E-state index < -0.39 is 0 Å². The lowest BCUT2D eigenvalue weighted by molar-refractivity contribution is -0.127. The van der Waals surface area contributed by atoms with Crippen molar-refractivity contribution >= 4 is 23.4 Å². The van der Waals surface area contributed by atoms with Crippen LogP contribution in [0.4, 0.5) is 0 Å². The van der Waals surface area contributed by atoms with Gasteiger partial charge in [-0.25, -0.2) is 0 Å². The first-order chi connectivity index (χ1) is 8.22. The van der Waals surface area contributed by atoms with Gasteiger partial charge in [-0.05, 0) is 12.1 Å². The lowest BCUT2D eigenvalue weighted by atomic mass is 10.2. The van der Waals surface area contributed by atoms with Crippen molar-refractivity contribution < 1.29 is 9.59 Å². The quantitative estimate of drug-likeness (QED) is 0.742. The Morgan fingerprint density at radius 1 is 1.12 bits per heavy atom. The summed E-state index contributed by atoms with van der Waals surface area (Å²) in [6.45, 7) is 1.46. The van der Waals surface area contributed by atoms with Gasteiger partial charge in [-0.1, -0.05) is 18.2 Å². The first-order valence-corrected chi connectivity index (χ1v) is 5.94. The Labute approximate surface area is 105 Å². The molecule has 0 radical (unpaired) electrons. The van der Waals surface area contributed by atoms with Gasteiger partial charge in [-0.3, -0.25) is 9.59 Å². The van der Waals surface area contributed by atoms with Gasteiger partial charge in [0, 0.05) is 18.7 Å². The van der Waals surface area contributed by atoms with Gasteiger partial charge >= 0.3 is 0 Å². The van der Waals surface area contributed by atoms with Gasteiger partial charge in [0.1, 0.15) is 5.88 Å². The molecule has 0 unspecified atom stereocenters. The topological polar surface area (TPSA) is 40.6 Å². The van der Waals surface area contributed by atoms with E-state index >= 15 is 0 Å². The van der Waals surface area contributed by atoms with Gasteiger partial charge in [-0.2, -0.15) is 0 Å². The number of nitrogens with zero attached hydrogens (tertiary/aromatic N) is 2. The van der Waals surface area contributed by atoms with E-state index in [1.165, 1.54) is 0 Å². The van der Waals surface area contributed by atoms with E-state index in [0.29, 0.717) is 25.3 Å². The fourth-order valence-corrected chi connectivity index (χ4v) is 1.98. The molecule has 0 saturated carbocycles. The molecule has 5 heteroatoms. The normalized spacial score (nSPS) is 15.1. The van der Waals surface area contributed by atoms with Crippen LogP contribution in [0.3, 0.4) is 0 Å². The number of benzene rings is 1. The van der Waals surface area contributed by atoms with Crippen molar-refractivity contribution in [1.82, 2.24) is 9.80 Å². The molecule has 0 N–H and O–H groups in total. The van der Waals surface area contributed by atoms with Gasteiger partial charge in [-0.15, -0.1) is 11.6 Å². The lowest BCUT2D eigenvalue weighted by Gasteiger charge is -2.17. The number of hydrogen-bond acceptors (Lipinski definition) is 2. The second-order valence-corrected chi connectivity index (χ2v) is 4.13. The zero-order valence-electron chi connectivity index (χ0n) is 9.30. The molecule has 0 spiro atoms. The van der Waals surface area contributed by atoms with Crippen molar-refractivity contribution in [2.24, 2.45) is 0 Å². The van der Waals surface area contributed by atoms with Crippen LogP contribution in [0.1, 0.15) is 10.4 Å². The molecule has 0 aliphatic carbocycles. The van der Waals surface area contributed by atoms with Crippen molar-refractivity contribution in [3.63, 3.8) is 0 Å². The molecule has 17 heavy (non-hydrogen) atoms. The maximum Gasteiger partial charge on any atom is 0.255 e. The zero-order valence-corrected chi connectivity index (χ0v) is 10.1. The smallest absolute Gasteiger partial charge is 0.255 e. The van der Waals surface area contributed by atoms with Crippen LogP contribution < -0.4 is 0 Å². The Hall–Kier alpha value is -1.55. The van der Waals surface area contributed by atoms with Crippen molar-refractivity contribution in [2.75, 3.05) is 25.6 Å². The number of carbonyl (C=O) groups is 2. The summed E-state index contributed by atoms with van der Waals surface area (Å²) in [6.07, 6.45) is 0. The summed E-state index contributed by atoms with van der Waals surface area (Å²) in [7, 11) is 0. The van der Waals surface area contributed by atoms with Crippen LogP contribution in [0.25, 0.3) is 0 Å². The van der Waals surface area contributed by atoms with Crippen LogP contribution in [-0.2, 0) is 4.79 Å². The first kappa shape index (κ1) is 11.9. The van der Waals surface area contributed by atoms with Gasteiger partial charge < -0.3 is 9.80 Å². The summed E-state index contributed by atoms with van der Waals surface area (Å²) >= 11 is 5.48. The highest BCUT2D eigenvalue weighted by Crippen LogP contribution is 2.11. The molecular weight excluding hydrogens is 240 g/mol. The molecular formula is C12H13ClN2O2. The van der Waals surface area contributed by atoms with E-state index in [1.807, 2.05) is 18.2 Å². The van der Waals surface area contributed by atoms with Gasteiger partial charge in [0.25, 0.3) is 5.91 Å². The summed E-state index contributed by atoms with van der Waals surface area (Å²) in [5, 5.41) is 0. The zero-order chi connectivity index (χ0) is 12.3. The third-order valence-corrected chi connectivity index (χ3v) is 2.98. The molecule has 2 rings (SSSR count). The first-order valence-electron chi connectivity index (χ1n) is 5.40. The fraction of sp³-hybridized carbons (Fsp3) is 0.333. The molecule has 1 aromatic rings. The van der Waals surface area contributed by atoms with Crippen LogP contribution >= 0.6 is 11.6 Å². The Kier molecular flexibility index (Phi) is 3.64. The van der Waals surface area contributed by atoms with Gasteiger partial charge in [0.2, 0.25) is 5.91 Å². The maximum absolute atomic E-state index is 12.1. The SMILES string of the molecule is O=C(CCl)N1CCN(C(=O)c2ccccc2)C1. The summed E-state index contributed by atoms with van der Waals surface area (Å²) < 4.78 is 0. The number of halogens is 1. The van der Waals surface area contributed by atoms with E-state index in [4.69, 9.17) is 11.6 Å². The molecule has 90 valence electrons. The van der Waals surface area contributed by atoms with Gasteiger partial charge in [0.15, 0.2) is 0 Å². The average molecular weight is 253 g/mol. The Morgan fingerprint density at radius 2 is 1.76 bits per heavy atom. The van der Waals surface area contributed by atoms with Crippen LogP contribution in [0.15, 0.2) is 30.3 Å². The predicted octanol–water partition coefficient (Wildman–Crippen LogP) is 1.17. The highest BCUT2D eigenvalue weighted by atomic mass is 35.5. The Bertz CT molecular complexity index is 422. The van der Waals surface area contributed by atoms with Gasteiger partial charge in [0.05, 0.1) is 6.67 Å². The maximum atomic E-state index is 12.1. The van der Waals surface area contributed by atoms with Crippen LogP contribution in [-0.4, -0.2) is 47.3 Å². The monoisotopic (exact) mass is 252 g/mol. The highest BCUT2D eigenvalue weighted by molar-refractivity contribution is 6.27. The van der Waals surface area contributed by atoms with E-state index in [-0.39, 0.29) is 17.7 Å². The molecule has 4 nitrogen and oxygen atoms in total. The van der Waals surface area contributed by atoms with Crippen LogP contribution in [0.2, 0.25) is 0 Å². The van der Waals surface area contributed by atoms with E-state index in [9.17, 15) is 9.59 Å². The fourth-order valence-electron chi connectivity index (χ4n) is 1.81. The second kappa shape index (κ2) is 5.19. The van der Waals surface area contributed by atoms with Crippen molar-refractivity contribution in [2.45, 2.75) is 0 Å². The minimum atomic E-state index is -0.130. The molecule has 1 aromatic carbocycles. The standard InChI is InChI=1S/C12H13ClN2O2/c13-8-11(16)14-6-7-15(9-14)12(17)10-4-2-1-3-5-10/h1-5H,6-9H2. The molecule has 1 aliphatic heterocycles. The van der Waals surface area contributed by atoms with Crippen LogP contribution in [0.5, 0.6) is 0 Å². The van der Waals surface area contributed by atoms with Crippen LogP contribution in [0, 0.1) is 0 Å². The summed E-state index contributed by atoms with van der Waals surface area (Å²) in [4.78, 5) is 26.7. The number of carbonyl (C=O) groups excluding carboxylic acids is 2. The number of amides is 2. The molecule has 0 atom stereocenters. The Balaban J connectivity index is 2.02. The third-order valence-electron chi connectivity index (χ3n) is 2.76. The highest BCUT2D eigenvalue weighted by Gasteiger charge is 2.27. The predicted molar refractivity (Wildman–Crippen MR) is 64.8 cm³/mol. The molecule has 1 saturated heterocycles. The number of hydrogen-bond donors (Lipinski definition) is 0. The van der Waals surface area contributed by atoms with E-state index in [1.54, 1.807) is 21.9 Å². The van der Waals surface area contributed by atoms with Crippen molar-refractivity contribution in [3.8, 4) is 0 Å². The van der Waals surface area contributed by atoms with E-state index in [0.717, 1.165) is 0 Å². The lowest BCUT2D eigenvalue weighted by Crippen LogP contribution is -2.34. The minimum absolute atomic E-state index is 0.0344.